The molecule has 0 aliphatic heterocycles. The number of rotatable bonds is 10. The second-order valence-electron chi connectivity index (χ2n) is 8.51. The maximum absolute atomic E-state index is 11.0. The SMILES string of the molecule is C[C@](N)(COP(=O)(O)O)c1ncc(-c2ccc(OCCc3ccc(-c4ccccc4)cc3)cc2)[nH]1. The van der Waals surface area contributed by atoms with E-state index in [9.17, 15) is 4.57 Å². The van der Waals surface area contributed by atoms with Gasteiger partial charge in [-0.1, -0.05) is 54.6 Å². The van der Waals surface area contributed by atoms with E-state index in [1.165, 1.54) is 16.7 Å². The number of aromatic nitrogens is 2. The van der Waals surface area contributed by atoms with E-state index in [4.69, 9.17) is 20.3 Å². The summed E-state index contributed by atoms with van der Waals surface area (Å²) in [5.74, 6) is 1.12. The van der Waals surface area contributed by atoms with Crippen molar-refractivity contribution in [3.8, 4) is 28.1 Å². The van der Waals surface area contributed by atoms with Gasteiger partial charge in [0.1, 0.15) is 11.6 Å². The number of nitrogens with zero attached hydrogens (tertiary/aromatic N) is 1. The van der Waals surface area contributed by atoms with Gasteiger partial charge in [-0.2, -0.15) is 0 Å². The molecule has 0 aliphatic rings. The number of aromatic amines is 1. The second-order valence-corrected chi connectivity index (χ2v) is 9.75. The van der Waals surface area contributed by atoms with E-state index in [-0.39, 0.29) is 6.61 Å². The van der Waals surface area contributed by atoms with Crippen molar-refractivity contribution in [2.75, 3.05) is 13.2 Å². The van der Waals surface area contributed by atoms with Crippen LogP contribution in [0.2, 0.25) is 0 Å². The fourth-order valence-electron chi connectivity index (χ4n) is 3.56. The topological polar surface area (TPSA) is 131 Å². The Morgan fingerprint density at radius 2 is 1.57 bits per heavy atom. The number of ether oxygens (including phenoxy) is 1. The van der Waals surface area contributed by atoms with Crippen molar-refractivity contribution in [1.29, 1.82) is 0 Å². The summed E-state index contributed by atoms with van der Waals surface area (Å²) < 4.78 is 21.4. The molecule has 0 fully saturated rings. The van der Waals surface area contributed by atoms with Crippen LogP contribution in [0.5, 0.6) is 5.75 Å². The molecular weight excluding hydrogens is 465 g/mol. The van der Waals surface area contributed by atoms with Crippen LogP contribution in [0.4, 0.5) is 0 Å². The Hall–Kier alpha value is -3.26. The molecule has 8 nitrogen and oxygen atoms in total. The average Bonchev–Trinajstić information content (AvgIpc) is 3.35. The van der Waals surface area contributed by atoms with Gasteiger partial charge in [-0.25, -0.2) is 9.55 Å². The summed E-state index contributed by atoms with van der Waals surface area (Å²) in [5.41, 5.74) is 10.1. The maximum atomic E-state index is 11.0. The molecule has 0 spiro atoms. The predicted octanol–water partition coefficient (Wildman–Crippen LogP) is 4.65. The molecule has 0 aliphatic carbocycles. The van der Waals surface area contributed by atoms with Crippen LogP contribution in [0.25, 0.3) is 22.4 Å². The molecule has 4 aromatic rings. The second kappa shape index (κ2) is 10.6. The van der Waals surface area contributed by atoms with Gasteiger partial charge >= 0.3 is 7.82 Å². The molecule has 182 valence electrons. The van der Waals surface area contributed by atoms with Crippen LogP contribution < -0.4 is 10.5 Å². The number of phosphoric acid groups is 1. The monoisotopic (exact) mass is 493 g/mol. The van der Waals surface area contributed by atoms with Gasteiger partial charge < -0.3 is 25.2 Å². The molecule has 0 radical (unpaired) electrons. The van der Waals surface area contributed by atoms with Crippen molar-refractivity contribution < 1.29 is 23.6 Å². The molecule has 9 heteroatoms. The Balaban J connectivity index is 1.31. The third-order valence-electron chi connectivity index (χ3n) is 5.54. The van der Waals surface area contributed by atoms with E-state index in [0.717, 1.165) is 23.4 Å². The van der Waals surface area contributed by atoms with Crippen LogP contribution in [0, 0.1) is 0 Å². The summed E-state index contributed by atoms with van der Waals surface area (Å²) in [6.07, 6.45) is 2.42. The zero-order valence-electron chi connectivity index (χ0n) is 19.3. The van der Waals surface area contributed by atoms with Crippen LogP contribution in [0.15, 0.2) is 85.1 Å². The third kappa shape index (κ3) is 6.88. The van der Waals surface area contributed by atoms with E-state index in [0.29, 0.717) is 12.4 Å². The van der Waals surface area contributed by atoms with Crippen molar-refractivity contribution in [2.24, 2.45) is 5.73 Å². The van der Waals surface area contributed by atoms with Gasteiger partial charge in [-0.3, -0.25) is 4.52 Å². The van der Waals surface area contributed by atoms with E-state index in [1.807, 2.05) is 42.5 Å². The minimum Gasteiger partial charge on any atom is -0.493 e. The molecule has 0 saturated carbocycles. The van der Waals surface area contributed by atoms with Gasteiger partial charge in [-0.05, 0) is 53.4 Å². The number of benzene rings is 3. The summed E-state index contributed by atoms with van der Waals surface area (Å²) in [5, 5.41) is 0. The lowest BCUT2D eigenvalue weighted by molar-refractivity contribution is 0.155. The van der Waals surface area contributed by atoms with Crippen LogP contribution in [-0.2, 0) is 21.0 Å². The Morgan fingerprint density at radius 1 is 0.943 bits per heavy atom. The minimum atomic E-state index is -4.62. The Labute approximate surface area is 204 Å². The number of nitrogens with one attached hydrogen (secondary N) is 1. The summed E-state index contributed by atoms with van der Waals surface area (Å²) in [7, 11) is -4.62. The lowest BCUT2D eigenvalue weighted by Gasteiger charge is -2.22. The highest BCUT2D eigenvalue weighted by Crippen LogP contribution is 2.37. The zero-order chi connectivity index (χ0) is 24.9. The zero-order valence-corrected chi connectivity index (χ0v) is 20.2. The standard InChI is InChI=1S/C26H28N3O5P/c1-26(27,18-34-35(30,31)32)25-28-17-24(29-25)22-11-13-23(14-12-22)33-16-15-19-7-9-21(10-8-19)20-5-3-2-4-6-20/h2-14,17H,15-16,18,27H2,1H3,(H,28,29)(H2,30,31,32)/t26-/m0/s1. The largest absolute Gasteiger partial charge is 0.493 e. The van der Waals surface area contributed by atoms with E-state index >= 15 is 0 Å². The first kappa shape index (κ1) is 24.9. The Bertz CT molecular complexity index is 1280. The first-order chi connectivity index (χ1) is 16.7. The molecule has 1 aromatic heterocycles. The molecule has 4 rings (SSSR count). The fraction of sp³-hybridized carbons (Fsp3) is 0.192. The van der Waals surface area contributed by atoms with Gasteiger partial charge in [0.2, 0.25) is 0 Å². The Morgan fingerprint density at radius 3 is 2.23 bits per heavy atom. The number of imidazole rings is 1. The van der Waals surface area contributed by atoms with E-state index < -0.39 is 13.4 Å². The lowest BCUT2D eigenvalue weighted by atomic mass is 10.0. The maximum Gasteiger partial charge on any atom is 0.469 e. The van der Waals surface area contributed by atoms with Crippen molar-refractivity contribution in [3.05, 3.63) is 96.4 Å². The van der Waals surface area contributed by atoms with E-state index in [1.54, 1.807) is 13.1 Å². The number of nitrogens with two attached hydrogens (primary N) is 1. The summed E-state index contributed by atoms with van der Waals surface area (Å²) >= 11 is 0. The van der Waals surface area contributed by atoms with Gasteiger partial charge in [0, 0.05) is 6.42 Å². The molecule has 1 heterocycles. The molecule has 0 amide bonds. The minimum absolute atomic E-state index is 0.361. The van der Waals surface area contributed by atoms with Crippen LogP contribution >= 0.6 is 7.82 Å². The van der Waals surface area contributed by atoms with Gasteiger partial charge in [0.05, 0.1) is 30.6 Å². The van der Waals surface area contributed by atoms with Crippen molar-refractivity contribution in [2.45, 2.75) is 18.9 Å². The van der Waals surface area contributed by atoms with E-state index in [2.05, 4.69) is 50.9 Å². The highest BCUT2D eigenvalue weighted by Gasteiger charge is 2.29. The van der Waals surface area contributed by atoms with Crippen LogP contribution in [0.1, 0.15) is 18.3 Å². The normalized spacial score (nSPS) is 13.4. The number of hydrogen-bond donors (Lipinski definition) is 4. The summed E-state index contributed by atoms with van der Waals surface area (Å²) in [4.78, 5) is 25.2. The van der Waals surface area contributed by atoms with Crippen molar-refractivity contribution in [3.63, 3.8) is 0 Å². The lowest BCUT2D eigenvalue weighted by Crippen LogP contribution is -2.39. The Kier molecular flexibility index (Phi) is 7.50. The molecule has 1 atom stereocenters. The first-order valence-corrected chi connectivity index (χ1v) is 12.6. The number of H-pyrrole nitrogens is 1. The smallest absolute Gasteiger partial charge is 0.469 e. The van der Waals surface area contributed by atoms with Crippen LogP contribution in [0.3, 0.4) is 0 Å². The molecule has 0 unspecified atom stereocenters. The molecular formula is C26H28N3O5P. The van der Waals surface area contributed by atoms with Crippen LogP contribution in [-0.4, -0.2) is 33.0 Å². The van der Waals surface area contributed by atoms with Gasteiger partial charge in [-0.15, -0.1) is 0 Å². The molecule has 0 saturated heterocycles. The predicted molar refractivity (Wildman–Crippen MR) is 135 cm³/mol. The number of phosphoric ester groups is 1. The van der Waals surface area contributed by atoms with Crippen molar-refractivity contribution in [1.82, 2.24) is 9.97 Å². The molecule has 35 heavy (non-hydrogen) atoms. The summed E-state index contributed by atoms with van der Waals surface area (Å²) in [6, 6.07) is 26.4. The number of hydrogen-bond acceptors (Lipinski definition) is 5. The first-order valence-electron chi connectivity index (χ1n) is 11.1. The molecule has 3 aromatic carbocycles. The van der Waals surface area contributed by atoms with Gasteiger partial charge in [0.15, 0.2) is 0 Å². The average molecular weight is 494 g/mol. The highest BCUT2D eigenvalue weighted by atomic mass is 31.2. The highest BCUT2D eigenvalue weighted by molar-refractivity contribution is 7.46. The summed E-state index contributed by atoms with van der Waals surface area (Å²) in [6.45, 7) is 1.76. The molecule has 5 N–H and O–H groups in total. The molecule has 0 bridgehead atoms. The van der Waals surface area contributed by atoms with Crippen molar-refractivity contribution >= 4 is 7.82 Å². The third-order valence-corrected chi connectivity index (χ3v) is 6.00. The fourth-order valence-corrected chi connectivity index (χ4v) is 3.99. The van der Waals surface area contributed by atoms with Gasteiger partial charge in [0.25, 0.3) is 0 Å². The quantitative estimate of drug-likeness (QED) is 0.237.